The first-order valence-corrected chi connectivity index (χ1v) is 16.1. The summed E-state index contributed by atoms with van der Waals surface area (Å²) in [5.41, 5.74) is 0. The molecule has 0 N–H and O–H groups in total. The minimum absolute atomic E-state index is 0. The molecule has 0 aromatic rings. The first-order chi connectivity index (χ1) is 6.93. The maximum absolute atomic E-state index is 2.23. The molecule has 0 rings (SSSR count). The van der Waals surface area contributed by atoms with Gasteiger partial charge in [0.05, 0.1) is 0 Å². The van der Waals surface area contributed by atoms with Gasteiger partial charge in [-0.15, -0.1) is 31.7 Å². The first-order valence-electron chi connectivity index (χ1n) is 5.37. The number of hydrogen-bond donors (Lipinski definition) is 0. The van der Waals surface area contributed by atoms with Crippen LogP contribution in [-0.4, -0.2) is 80.0 Å². The summed E-state index contributed by atoms with van der Waals surface area (Å²) in [6.45, 7) is 26.8. The van der Waals surface area contributed by atoms with Gasteiger partial charge in [0, 0.05) is 19.5 Å². The third-order valence-electron chi connectivity index (χ3n) is 0. The average molecular weight is 405 g/mol. The second-order valence-corrected chi connectivity index (χ2v) is 16.1. The van der Waals surface area contributed by atoms with E-state index >= 15 is 0 Å². The Labute approximate surface area is 131 Å². The van der Waals surface area contributed by atoms with Gasteiger partial charge >= 0.3 is 0 Å². The fourth-order valence-corrected chi connectivity index (χ4v) is 0. The Kier molecular flexibility index (Phi) is 49.9. The van der Waals surface area contributed by atoms with E-state index in [1.807, 2.05) is 0 Å². The Bertz CT molecular complexity index is 61.5. The topological polar surface area (TPSA) is 0 Å². The van der Waals surface area contributed by atoms with Crippen LogP contribution in [0.2, 0.25) is 0 Å². The molecule has 17 heavy (non-hydrogen) atoms. The summed E-state index contributed by atoms with van der Waals surface area (Å²) in [6.07, 6.45) is 0. The zero-order valence-electron chi connectivity index (χ0n) is 14.1. The summed E-state index contributed by atoms with van der Waals surface area (Å²) in [6, 6.07) is 0. The number of hydrogen-bond acceptors (Lipinski definition) is 0. The average Bonchev–Trinajstić information content (AvgIpc) is 1.76. The van der Waals surface area contributed by atoms with Crippen molar-refractivity contribution in [1.29, 1.82) is 0 Å². The van der Waals surface area contributed by atoms with E-state index in [0.29, 0.717) is 31.7 Å². The molecule has 0 radical (unpaired) electrons. The first kappa shape index (κ1) is 31.6. The molecule has 0 aliphatic heterocycles. The summed E-state index contributed by atoms with van der Waals surface area (Å²) in [5.74, 6) is 0. The predicted molar refractivity (Wildman–Crippen MR) is 98.8 cm³/mol. The fraction of sp³-hybridized carbons (Fsp3) is 1.00. The zero-order valence-corrected chi connectivity index (χ0v) is 19.5. The van der Waals surface area contributed by atoms with E-state index < -0.39 is 0 Å². The van der Waals surface area contributed by atoms with Gasteiger partial charge in [-0.1, -0.05) is 0 Å². The summed E-state index contributed by atoms with van der Waals surface area (Å²) in [7, 11) is 1.52. The van der Waals surface area contributed by atoms with E-state index in [1.54, 1.807) is 0 Å². The molecule has 0 bridgehead atoms. The second kappa shape index (κ2) is 26.8. The molecule has 0 unspecified atom stereocenters. The van der Waals surface area contributed by atoms with Gasteiger partial charge in [-0.05, 0) is 80.0 Å². The quantitative estimate of drug-likeness (QED) is 0.373. The van der Waals surface area contributed by atoms with Crippen molar-refractivity contribution >= 4 is 31.7 Å². The molecule has 112 valence electrons. The van der Waals surface area contributed by atoms with Crippen LogP contribution < -0.4 is 0 Å². The van der Waals surface area contributed by atoms with Crippen LogP contribution in [0.4, 0.5) is 0 Å². The monoisotopic (exact) mass is 406 g/mol. The third kappa shape index (κ3) is 892. The van der Waals surface area contributed by atoms with Crippen LogP contribution in [0.5, 0.6) is 0 Å². The van der Waals surface area contributed by atoms with Crippen LogP contribution >= 0.6 is 31.7 Å². The van der Waals surface area contributed by atoms with Gasteiger partial charge in [0.25, 0.3) is 0 Å². The van der Waals surface area contributed by atoms with Crippen molar-refractivity contribution in [3.8, 4) is 0 Å². The Morgan fingerprint density at radius 3 is 0.294 bits per heavy atom. The van der Waals surface area contributed by atoms with Crippen molar-refractivity contribution in [3.05, 3.63) is 0 Å². The molecule has 0 saturated heterocycles. The van der Waals surface area contributed by atoms with Crippen molar-refractivity contribution in [2.75, 3.05) is 80.0 Å². The molecule has 0 heterocycles. The summed E-state index contributed by atoms with van der Waals surface area (Å²) in [4.78, 5) is 0. The van der Waals surface area contributed by atoms with Gasteiger partial charge in [-0.3, -0.25) is 0 Å². The standard InChI is InChI=1S/4C3H9P.Ru/c4*1-4(2)3;/h4*1-3H3;. The largest absolute Gasteiger partial charge is 0.116 e. The maximum atomic E-state index is 2.23. The number of rotatable bonds is 0. The van der Waals surface area contributed by atoms with Crippen molar-refractivity contribution in [2.45, 2.75) is 0 Å². The van der Waals surface area contributed by atoms with Crippen molar-refractivity contribution < 1.29 is 19.5 Å². The summed E-state index contributed by atoms with van der Waals surface area (Å²) < 4.78 is 0. The predicted octanol–water partition coefficient (Wildman–Crippen LogP) is 5.43. The molecule has 0 aromatic heterocycles. The van der Waals surface area contributed by atoms with E-state index in [-0.39, 0.29) is 19.5 Å². The minimum Gasteiger partial charge on any atom is -0.116 e. The molecule has 5 heteroatoms. The fourth-order valence-electron chi connectivity index (χ4n) is 0. The van der Waals surface area contributed by atoms with Gasteiger partial charge in [0.1, 0.15) is 0 Å². The molecule has 0 fully saturated rings. The maximum Gasteiger partial charge on any atom is 0 e. The van der Waals surface area contributed by atoms with Gasteiger partial charge in [-0.25, -0.2) is 0 Å². The Balaban J connectivity index is -0.0000000369. The van der Waals surface area contributed by atoms with Gasteiger partial charge < -0.3 is 0 Å². The van der Waals surface area contributed by atoms with Gasteiger partial charge in [-0.2, -0.15) is 0 Å². The Morgan fingerprint density at radius 1 is 0.294 bits per heavy atom. The molecular weight excluding hydrogens is 369 g/mol. The molecule has 0 aromatic carbocycles. The molecule has 0 nitrogen and oxygen atoms in total. The second-order valence-electron chi connectivity index (χ2n) is 5.37. The van der Waals surface area contributed by atoms with Crippen molar-refractivity contribution in [1.82, 2.24) is 0 Å². The SMILES string of the molecule is CP(C)C.CP(C)C.CP(C)C.CP(C)C.[Ru]. The zero-order chi connectivity index (χ0) is 14.3. The minimum atomic E-state index is 0. The smallest absolute Gasteiger partial charge is 0 e. The van der Waals surface area contributed by atoms with E-state index in [1.165, 1.54) is 0 Å². The molecule has 0 atom stereocenters. The molecule has 0 aliphatic rings. The Morgan fingerprint density at radius 2 is 0.294 bits per heavy atom. The van der Waals surface area contributed by atoms with E-state index in [0.717, 1.165) is 0 Å². The molecule has 0 saturated carbocycles. The Hall–Kier alpha value is 2.34. The van der Waals surface area contributed by atoms with Crippen molar-refractivity contribution in [3.63, 3.8) is 0 Å². The van der Waals surface area contributed by atoms with Crippen LogP contribution in [0.15, 0.2) is 0 Å². The molecule has 0 amide bonds. The van der Waals surface area contributed by atoms with Gasteiger partial charge in [0.15, 0.2) is 0 Å². The van der Waals surface area contributed by atoms with Crippen molar-refractivity contribution in [2.24, 2.45) is 0 Å². The summed E-state index contributed by atoms with van der Waals surface area (Å²) in [5, 5.41) is 0. The van der Waals surface area contributed by atoms with Crippen LogP contribution in [0, 0.1) is 0 Å². The van der Waals surface area contributed by atoms with Crippen LogP contribution in [-0.2, 0) is 19.5 Å². The van der Waals surface area contributed by atoms with Crippen LogP contribution in [0.3, 0.4) is 0 Å². The third-order valence-corrected chi connectivity index (χ3v) is 0. The van der Waals surface area contributed by atoms with Crippen LogP contribution in [0.25, 0.3) is 0 Å². The normalized spacial score (nSPS) is 8.47. The molecule has 0 aliphatic carbocycles. The summed E-state index contributed by atoms with van der Waals surface area (Å²) >= 11 is 0. The molecule has 0 spiro atoms. The van der Waals surface area contributed by atoms with E-state index in [4.69, 9.17) is 0 Å². The molecular formula is C12H36P4Ru. The van der Waals surface area contributed by atoms with Crippen LogP contribution in [0.1, 0.15) is 0 Å². The van der Waals surface area contributed by atoms with Gasteiger partial charge in [0.2, 0.25) is 0 Å². The van der Waals surface area contributed by atoms with E-state index in [2.05, 4.69) is 80.0 Å². The van der Waals surface area contributed by atoms with E-state index in [9.17, 15) is 0 Å².